The summed E-state index contributed by atoms with van der Waals surface area (Å²) in [7, 11) is 0. The lowest BCUT2D eigenvalue weighted by Gasteiger charge is -2.29. The number of thiophene rings is 1. The second kappa shape index (κ2) is 6.90. The molecule has 0 aliphatic carbocycles. The fraction of sp³-hybridized carbons (Fsp3) is 0.278. The zero-order valence-electron chi connectivity index (χ0n) is 14.6. The van der Waals surface area contributed by atoms with Crippen LogP contribution in [0.5, 0.6) is 0 Å². The van der Waals surface area contributed by atoms with Crippen LogP contribution in [-0.2, 0) is 20.8 Å². The molecule has 29 heavy (non-hydrogen) atoms. The van der Waals surface area contributed by atoms with Crippen molar-refractivity contribution in [1.29, 1.82) is 0 Å². The Morgan fingerprint density at radius 1 is 1.21 bits per heavy atom. The zero-order chi connectivity index (χ0) is 20.9. The maximum Gasteiger partial charge on any atom is 0.325 e. The minimum absolute atomic E-state index is 0.127. The van der Waals surface area contributed by atoms with E-state index in [2.05, 4.69) is 10.6 Å². The van der Waals surface area contributed by atoms with E-state index in [1.54, 1.807) is 12.1 Å². The van der Waals surface area contributed by atoms with Crippen LogP contribution in [0.25, 0.3) is 0 Å². The van der Waals surface area contributed by atoms with Crippen molar-refractivity contribution < 1.29 is 24.4 Å². The van der Waals surface area contributed by atoms with Crippen molar-refractivity contribution in [3.63, 3.8) is 0 Å². The number of carboxylic acids is 1. The number of amides is 2. The molecule has 11 heteroatoms. The Balaban J connectivity index is 1.76. The number of carbonyl (C=O) groups excluding carboxylic acids is 2. The smallest absolute Gasteiger partial charge is 0.325 e. The highest BCUT2D eigenvalue weighted by Crippen LogP contribution is 2.49. The van der Waals surface area contributed by atoms with Gasteiger partial charge in [-0.2, -0.15) is 0 Å². The predicted octanol–water partition coefficient (Wildman–Crippen LogP) is 1.91. The maximum absolute atomic E-state index is 12.6. The molecule has 150 valence electrons. The van der Waals surface area contributed by atoms with Gasteiger partial charge in [0.05, 0.1) is 27.1 Å². The van der Waals surface area contributed by atoms with Gasteiger partial charge in [0.1, 0.15) is 5.54 Å². The van der Waals surface area contributed by atoms with Crippen LogP contribution in [0, 0.1) is 22.0 Å². The number of hydrogen-bond donors (Lipinski definition) is 3. The number of aliphatic carboxylic acids is 1. The number of non-ortho nitro benzene ring substituents is 1. The van der Waals surface area contributed by atoms with E-state index in [-0.39, 0.29) is 12.1 Å². The number of nitrogens with zero attached hydrogens (tertiary/aromatic N) is 1. The summed E-state index contributed by atoms with van der Waals surface area (Å²) in [5, 5.41) is 26.2. The Labute approximate surface area is 172 Å². The number of rotatable bonds is 5. The third-order valence-corrected chi connectivity index (χ3v) is 6.72. The molecule has 4 rings (SSSR count). The molecule has 2 aromatic rings. The first-order valence-electron chi connectivity index (χ1n) is 8.57. The monoisotopic (exact) mass is 435 g/mol. The maximum atomic E-state index is 12.6. The fourth-order valence-corrected chi connectivity index (χ4v) is 5.32. The molecule has 3 N–H and O–H groups in total. The van der Waals surface area contributed by atoms with E-state index in [1.807, 2.05) is 0 Å². The first-order chi connectivity index (χ1) is 13.7. The van der Waals surface area contributed by atoms with Gasteiger partial charge in [-0.3, -0.25) is 35.1 Å². The highest BCUT2D eigenvalue weighted by atomic mass is 35.5. The third-order valence-electron chi connectivity index (χ3n) is 5.41. The standard InChI is InChI=1S/C18H14ClN3O6S/c19-11-6-5-10(29-11)14-12-13(16(24)20-15(12)23)18(21-14,17(25)26)7-8-1-3-9(4-2-8)22(27)28/h1-6,12-14,21H,7H2,(H,25,26)(H,20,23,24). The van der Waals surface area contributed by atoms with Crippen molar-refractivity contribution in [3.05, 3.63) is 61.3 Å². The SMILES string of the molecule is O=C1NC(=O)C2C1C(c1ccc(Cl)s1)NC2(Cc1ccc([N+](=O)[O-])cc1)C(=O)O. The van der Waals surface area contributed by atoms with Gasteiger partial charge in [-0.25, -0.2) is 0 Å². The van der Waals surface area contributed by atoms with E-state index in [0.717, 1.165) is 0 Å². The van der Waals surface area contributed by atoms with E-state index in [0.29, 0.717) is 14.8 Å². The van der Waals surface area contributed by atoms with E-state index in [1.165, 1.54) is 35.6 Å². The molecule has 2 amide bonds. The number of fused-ring (bicyclic) bond motifs is 1. The van der Waals surface area contributed by atoms with Gasteiger partial charge in [-0.05, 0) is 17.7 Å². The van der Waals surface area contributed by atoms with Gasteiger partial charge in [0, 0.05) is 23.4 Å². The summed E-state index contributed by atoms with van der Waals surface area (Å²) < 4.78 is 0.478. The zero-order valence-corrected chi connectivity index (χ0v) is 16.2. The number of nitro groups is 1. The lowest BCUT2D eigenvalue weighted by atomic mass is 9.76. The van der Waals surface area contributed by atoms with Crippen LogP contribution in [-0.4, -0.2) is 33.4 Å². The highest BCUT2D eigenvalue weighted by Gasteiger charge is 2.66. The summed E-state index contributed by atoms with van der Waals surface area (Å²) >= 11 is 7.21. The quantitative estimate of drug-likeness (QED) is 0.370. The Morgan fingerprint density at radius 2 is 1.90 bits per heavy atom. The molecule has 2 fully saturated rings. The molecule has 2 aliphatic heterocycles. The summed E-state index contributed by atoms with van der Waals surface area (Å²) in [5.41, 5.74) is -1.39. The molecule has 2 aliphatic rings. The number of carbonyl (C=O) groups is 3. The molecular weight excluding hydrogens is 422 g/mol. The van der Waals surface area contributed by atoms with Crippen molar-refractivity contribution in [1.82, 2.24) is 10.6 Å². The van der Waals surface area contributed by atoms with Crippen LogP contribution in [0.3, 0.4) is 0 Å². The molecule has 4 atom stereocenters. The van der Waals surface area contributed by atoms with Crippen molar-refractivity contribution in [3.8, 4) is 0 Å². The second-order valence-corrected chi connectivity index (χ2v) is 8.74. The number of carboxylic acid groups (broad SMARTS) is 1. The van der Waals surface area contributed by atoms with Gasteiger partial charge in [0.15, 0.2) is 0 Å². The van der Waals surface area contributed by atoms with Crippen LogP contribution < -0.4 is 10.6 Å². The molecule has 1 aromatic heterocycles. The average Bonchev–Trinajstić information content (AvgIpc) is 3.32. The van der Waals surface area contributed by atoms with E-state index < -0.39 is 46.1 Å². The van der Waals surface area contributed by atoms with E-state index in [4.69, 9.17) is 11.6 Å². The summed E-state index contributed by atoms with van der Waals surface area (Å²) in [6.45, 7) is 0. The third kappa shape index (κ3) is 3.09. The minimum atomic E-state index is -1.75. The van der Waals surface area contributed by atoms with Crippen LogP contribution in [0.4, 0.5) is 5.69 Å². The lowest BCUT2D eigenvalue weighted by molar-refractivity contribution is -0.384. The number of benzene rings is 1. The lowest BCUT2D eigenvalue weighted by Crippen LogP contribution is -2.57. The molecule has 9 nitrogen and oxygen atoms in total. The van der Waals surface area contributed by atoms with Crippen LogP contribution in [0.1, 0.15) is 16.5 Å². The van der Waals surface area contributed by atoms with Crippen LogP contribution in [0.15, 0.2) is 36.4 Å². The van der Waals surface area contributed by atoms with E-state index in [9.17, 15) is 29.6 Å². The molecule has 1 aromatic carbocycles. The summed E-state index contributed by atoms with van der Waals surface area (Å²) in [5.74, 6) is -4.49. The molecule has 0 radical (unpaired) electrons. The molecule has 3 heterocycles. The van der Waals surface area contributed by atoms with Gasteiger partial charge < -0.3 is 5.11 Å². The summed E-state index contributed by atoms with van der Waals surface area (Å²) in [6, 6.07) is 8.08. The largest absolute Gasteiger partial charge is 0.480 e. The molecular formula is C18H14ClN3O6S. The summed E-state index contributed by atoms with van der Waals surface area (Å²) in [6.07, 6.45) is -0.127. The molecule has 0 bridgehead atoms. The van der Waals surface area contributed by atoms with Gasteiger partial charge in [0.2, 0.25) is 11.8 Å². The Kier molecular flexibility index (Phi) is 4.64. The summed E-state index contributed by atoms with van der Waals surface area (Å²) in [4.78, 5) is 48.4. The molecule has 0 saturated carbocycles. The Morgan fingerprint density at radius 3 is 2.45 bits per heavy atom. The predicted molar refractivity (Wildman–Crippen MR) is 103 cm³/mol. The fourth-order valence-electron chi connectivity index (χ4n) is 4.16. The highest BCUT2D eigenvalue weighted by molar-refractivity contribution is 7.16. The number of halogens is 1. The number of imide groups is 1. The van der Waals surface area contributed by atoms with Gasteiger partial charge in [-0.1, -0.05) is 23.7 Å². The van der Waals surface area contributed by atoms with Crippen LogP contribution >= 0.6 is 22.9 Å². The van der Waals surface area contributed by atoms with Gasteiger partial charge >= 0.3 is 5.97 Å². The Bertz CT molecular complexity index is 1040. The van der Waals surface area contributed by atoms with Crippen molar-refractivity contribution in [2.24, 2.45) is 11.8 Å². The molecule has 2 saturated heterocycles. The van der Waals surface area contributed by atoms with Gasteiger partial charge in [-0.15, -0.1) is 11.3 Å². The number of nitrogens with one attached hydrogen (secondary N) is 2. The Hall–Kier alpha value is -2.82. The van der Waals surface area contributed by atoms with Crippen molar-refractivity contribution in [2.45, 2.75) is 18.0 Å². The number of nitro benzene ring substituents is 1. The first-order valence-corrected chi connectivity index (χ1v) is 9.77. The van der Waals surface area contributed by atoms with Crippen molar-refractivity contribution >= 4 is 46.4 Å². The number of hydrogen-bond acceptors (Lipinski definition) is 7. The second-order valence-electron chi connectivity index (χ2n) is 7.00. The average molecular weight is 436 g/mol. The normalized spacial score (nSPS) is 28.2. The van der Waals surface area contributed by atoms with Crippen molar-refractivity contribution in [2.75, 3.05) is 0 Å². The topological polar surface area (TPSA) is 139 Å². The van der Waals surface area contributed by atoms with Gasteiger partial charge in [0.25, 0.3) is 5.69 Å². The molecule has 4 unspecified atom stereocenters. The first kappa shape index (κ1) is 19.5. The molecule has 0 spiro atoms. The van der Waals surface area contributed by atoms with E-state index >= 15 is 0 Å². The minimum Gasteiger partial charge on any atom is -0.480 e. The van der Waals surface area contributed by atoms with Crippen LogP contribution in [0.2, 0.25) is 4.34 Å².